The zero-order chi connectivity index (χ0) is 18.4. The van der Waals surface area contributed by atoms with Crippen molar-refractivity contribution in [2.24, 2.45) is 0 Å². The molecular formula is C19H23BrClN3S2. The van der Waals surface area contributed by atoms with Gasteiger partial charge in [0.1, 0.15) is 5.15 Å². The number of hydrogen-bond donors (Lipinski definition) is 2. The van der Waals surface area contributed by atoms with E-state index in [2.05, 4.69) is 56.1 Å². The van der Waals surface area contributed by atoms with Gasteiger partial charge >= 0.3 is 0 Å². The summed E-state index contributed by atoms with van der Waals surface area (Å²) in [6.45, 7) is 0.808. The van der Waals surface area contributed by atoms with Gasteiger partial charge in [-0.25, -0.2) is 4.98 Å². The largest absolute Gasteiger partial charge is 0.379 e. The number of halogens is 2. The Balaban J connectivity index is 0.000000206. The molecule has 3 nitrogen and oxygen atoms in total. The first kappa shape index (κ1) is 20.1. The van der Waals surface area contributed by atoms with Gasteiger partial charge in [0.25, 0.3) is 0 Å². The number of fused-ring (bicyclic) bond motifs is 1. The molecule has 0 radical (unpaired) electrons. The monoisotopic (exact) mass is 471 g/mol. The van der Waals surface area contributed by atoms with Crippen molar-refractivity contribution >= 4 is 66.1 Å². The van der Waals surface area contributed by atoms with Crippen LogP contribution in [0.25, 0.3) is 10.2 Å². The molecule has 140 valence electrons. The number of hydrogen-bond acceptors (Lipinski definition) is 5. The van der Waals surface area contributed by atoms with Crippen molar-refractivity contribution in [2.75, 3.05) is 12.4 Å². The van der Waals surface area contributed by atoms with Gasteiger partial charge in [-0.3, -0.25) is 0 Å². The number of anilines is 1. The highest BCUT2D eigenvalue weighted by Gasteiger charge is 2.10. The first-order valence-electron chi connectivity index (χ1n) is 8.84. The molecular weight excluding hydrogens is 450 g/mol. The lowest BCUT2D eigenvalue weighted by molar-refractivity contribution is 0.394. The number of nitrogens with one attached hydrogen (secondary N) is 2. The summed E-state index contributed by atoms with van der Waals surface area (Å²) in [7, 11) is 2.07. The molecule has 0 amide bonds. The second-order valence-corrected chi connectivity index (χ2v) is 9.46. The molecule has 0 spiro atoms. The molecule has 0 aromatic carbocycles. The van der Waals surface area contributed by atoms with Crippen molar-refractivity contribution < 1.29 is 0 Å². The van der Waals surface area contributed by atoms with Crippen molar-refractivity contribution in [2.45, 2.75) is 44.7 Å². The molecule has 4 rings (SSSR count). The van der Waals surface area contributed by atoms with E-state index in [0.29, 0.717) is 5.15 Å². The fourth-order valence-corrected chi connectivity index (χ4v) is 5.46. The molecule has 26 heavy (non-hydrogen) atoms. The summed E-state index contributed by atoms with van der Waals surface area (Å²) in [4.78, 5) is 5.63. The third-order valence-electron chi connectivity index (χ3n) is 4.49. The molecule has 0 aliphatic heterocycles. The van der Waals surface area contributed by atoms with Crippen LogP contribution in [0.1, 0.15) is 37.0 Å². The summed E-state index contributed by atoms with van der Waals surface area (Å²) in [6.07, 6.45) is 7.13. The zero-order valence-corrected chi connectivity index (χ0v) is 18.7. The average molecular weight is 473 g/mol. The van der Waals surface area contributed by atoms with Crippen molar-refractivity contribution in [3.8, 4) is 0 Å². The number of aromatic nitrogens is 1. The summed E-state index contributed by atoms with van der Waals surface area (Å²) in [5.41, 5.74) is 1.95. The lowest BCUT2D eigenvalue weighted by Crippen LogP contribution is -2.26. The normalized spacial score (nSPS) is 14.9. The highest BCUT2D eigenvalue weighted by molar-refractivity contribution is 9.10. The van der Waals surface area contributed by atoms with Crippen LogP contribution in [0.3, 0.4) is 0 Å². The van der Waals surface area contributed by atoms with Gasteiger partial charge in [0.15, 0.2) is 0 Å². The van der Waals surface area contributed by atoms with Gasteiger partial charge in [0.05, 0.1) is 20.4 Å². The lowest BCUT2D eigenvalue weighted by atomic mass is 9.96. The standard InChI is InChI=1S/C12H8BrClN2S2.C7H15N/c13-8-6-18-12-9(4-10(14)16-11(8)12)15-5-7-2-1-3-17-7;1-8-7-5-3-2-4-6-7/h1-4,6H,5H2,(H,15,16);7-8H,2-6H2,1H3. The molecule has 2 N–H and O–H groups in total. The molecule has 1 aliphatic carbocycles. The lowest BCUT2D eigenvalue weighted by Gasteiger charge is -2.20. The Kier molecular flexibility index (Phi) is 7.76. The van der Waals surface area contributed by atoms with Crippen molar-refractivity contribution in [1.82, 2.24) is 10.3 Å². The maximum Gasteiger partial charge on any atom is 0.131 e. The predicted octanol–water partition coefficient (Wildman–Crippen LogP) is 6.92. The fourth-order valence-electron chi connectivity index (χ4n) is 3.07. The zero-order valence-electron chi connectivity index (χ0n) is 14.7. The molecule has 3 aromatic rings. The van der Waals surface area contributed by atoms with Gasteiger partial charge in [-0.15, -0.1) is 22.7 Å². The minimum atomic E-state index is 0.510. The van der Waals surface area contributed by atoms with E-state index in [1.807, 2.05) is 11.4 Å². The summed E-state index contributed by atoms with van der Waals surface area (Å²) in [5, 5.41) is 11.3. The van der Waals surface area contributed by atoms with Gasteiger partial charge in [-0.05, 0) is 47.3 Å². The number of pyridine rings is 1. The summed E-state index contributed by atoms with van der Waals surface area (Å²) >= 11 is 12.9. The minimum absolute atomic E-state index is 0.510. The van der Waals surface area contributed by atoms with Gasteiger partial charge < -0.3 is 10.6 Å². The van der Waals surface area contributed by atoms with Crippen LogP contribution >= 0.6 is 50.2 Å². The van der Waals surface area contributed by atoms with Crippen LogP contribution in [0.5, 0.6) is 0 Å². The third-order valence-corrected chi connectivity index (χ3v) is 7.47. The van der Waals surface area contributed by atoms with E-state index in [1.54, 1.807) is 22.7 Å². The Morgan fingerprint density at radius 3 is 2.73 bits per heavy atom. The Morgan fingerprint density at radius 1 is 1.27 bits per heavy atom. The molecule has 1 aliphatic rings. The predicted molar refractivity (Wildman–Crippen MR) is 120 cm³/mol. The van der Waals surface area contributed by atoms with Gasteiger partial charge in [-0.2, -0.15) is 0 Å². The third kappa shape index (κ3) is 5.42. The fraction of sp³-hybridized carbons (Fsp3) is 0.421. The van der Waals surface area contributed by atoms with Crippen LogP contribution in [0.4, 0.5) is 5.69 Å². The summed E-state index contributed by atoms with van der Waals surface area (Å²) < 4.78 is 2.12. The van der Waals surface area contributed by atoms with Crippen LogP contribution in [-0.4, -0.2) is 18.1 Å². The molecule has 0 atom stereocenters. The molecule has 0 bridgehead atoms. The van der Waals surface area contributed by atoms with E-state index in [-0.39, 0.29) is 0 Å². The second kappa shape index (κ2) is 10.0. The number of nitrogens with zero attached hydrogens (tertiary/aromatic N) is 1. The number of rotatable bonds is 4. The molecule has 3 heterocycles. The quantitative estimate of drug-likeness (QED) is 0.404. The molecule has 1 saturated carbocycles. The van der Waals surface area contributed by atoms with E-state index < -0.39 is 0 Å². The van der Waals surface area contributed by atoms with Gasteiger partial charge in [0, 0.05) is 28.9 Å². The van der Waals surface area contributed by atoms with Crippen LogP contribution in [0.15, 0.2) is 33.4 Å². The van der Waals surface area contributed by atoms with E-state index in [0.717, 1.165) is 33.0 Å². The topological polar surface area (TPSA) is 37.0 Å². The van der Waals surface area contributed by atoms with Crippen molar-refractivity contribution in [3.63, 3.8) is 0 Å². The molecule has 7 heteroatoms. The summed E-state index contributed by atoms with van der Waals surface area (Å²) in [5.74, 6) is 0. The average Bonchev–Trinajstić information content (AvgIpc) is 3.31. The Hall–Kier alpha value is -0.660. The van der Waals surface area contributed by atoms with Crippen LogP contribution in [0.2, 0.25) is 5.15 Å². The first-order chi connectivity index (χ1) is 12.7. The van der Waals surface area contributed by atoms with E-state index in [1.165, 1.54) is 37.0 Å². The number of thiophene rings is 2. The van der Waals surface area contributed by atoms with E-state index >= 15 is 0 Å². The van der Waals surface area contributed by atoms with Crippen LogP contribution in [-0.2, 0) is 6.54 Å². The Labute approximate surface area is 176 Å². The van der Waals surface area contributed by atoms with Gasteiger partial charge in [0.2, 0.25) is 0 Å². The molecule has 0 unspecified atom stereocenters. The van der Waals surface area contributed by atoms with E-state index in [4.69, 9.17) is 11.6 Å². The maximum atomic E-state index is 6.05. The first-order valence-corrected chi connectivity index (χ1v) is 11.8. The second-order valence-electron chi connectivity index (χ2n) is 6.31. The van der Waals surface area contributed by atoms with Crippen molar-refractivity contribution in [3.05, 3.63) is 43.5 Å². The smallest absolute Gasteiger partial charge is 0.131 e. The van der Waals surface area contributed by atoms with Crippen LogP contribution in [0, 0.1) is 0 Å². The maximum absolute atomic E-state index is 6.05. The Morgan fingerprint density at radius 2 is 2.08 bits per heavy atom. The van der Waals surface area contributed by atoms with Crippen molar-refractivity contribution in [1.29, 1.82) is 0 Å². The van der Waals surface area contributed by atoms with Crippen LogP contribution < -0.4 is 10.6 Å². The molecule has 1 fully saturated rings. The van der Waals surface area contributed by atoms with E-state index in [9.17, 15) is 0 Å². The highest BCUT2D eigenvalue weighted by Crippen LogP contribution is 2.35. The Bertz CT molecular complexity index is 814. The molecule has 0 saturated heterocycles. The summed E-state index contributed by atoms with van der Waals surface area (Å²) in [6, 6.07) is 6.88. The highest BCUT2D eigenvalue weighted by atomic mass is 79.9. The minimum Gasteiger partial charge on any atom is -0.379 e. The van der Waals surface area contributed by atoms with Gasteiger partial charge in [-0.1, -0.05) is 36.9 Å². The molecule has 3 aromatic heterocycles. The SMILES string of the molecule is CNC1CCCCC1.Clc1cc(NCc2cccs2)c2scc(Br)c2n1.